The third kappa shape index (κ3) is 4.47. The number of anilines is 1. The zero-order valence-electron chi connectivity index (χ0n) is 14.2. The van der Waals surface area contributed by atoms with E-state index >= 15 is 0 Å². The van der Waals surface area contributed by atoms with E-state index in [1.165, 1.54) is 11.1 Å². The van der Waals surface area contributed by atoms with E-state index in [9.17, 15) is 4.79 Å². The van der Waals surface area contributed by atoms with Crippen molar-refractivity contribution < 1.29 is 9.53 Å². The maximum atomic E-state index is 12.3. The summed E-state index contributed by atoms with van der Waals surface area (Å²) in [6, 6.07) is 6.67. The lowest BCUT2D eigenvalue weighted by atomic mass is 10.1. The van der Waals surface area contributed by atoms with Crippen molar-refractivity contribution in [2.75, 3.05) is 31.2 Å². The molecule has 22 heavy (non-hydrogen) atoms. The van der Waals surface area contributed by atoms with Crippen LogP contribution < -0.4 is 10.2 Å². The van der Waals surface area contributed by atoms with Gasteiger partial charge in [-0.05, 0) is 51.3 Å². The summed E-state index contributed by atoms with van der Waals surface area (Å²) < 4.78 is 5.35. The molecule has 0 aliphatic carbocycles. The Bertz CT molecular complexity index is 508. The number of carbonyl (C=O) groups is 1. The molecule has 1 amide bonds. The molecule has 1 heterocycles. The summed E-state index contributed by atoms with van der Waals surface area (Å²) in [5.41, 5.74) is 3.57. The van der Waals surface area contributed by atoms with Crippen LogP contribution in [-0.4, -0.2) is 38.3 Å². The number of rotatable bonds is 6. The van der Waals surface area contributed by atoms with Crippen LogP contribution in [0.4, 0.5) is 5.69 Å². The molecule has 0 bridgehead atoms. The topological polar surface area (TPSA) is 41.6 Å². The number of benzene rings is 1. The molecule has 0 spiro atoms. The van der Waals surface area contributed by atoms with E-state index in [4.69, 9.17) is 4.74 Å². The summed E-state index contributed by atoms with van der Waals surface area (Å²) in [7, 11) is 0. The van der Waals surface area contributed by atoms with Crippen LogP contribution in [0.3, 0.4) is 0 Å². The van der Waals surface area contributed by atoms with Crippen molar-refractivity contribution in [1.82, 2.24) is 5.32 Å². The van der Waals surface area contributed by atoms with Crippen LogP contribution in [0, 0.1) is 19.8 Å². The third-order valence-electron chi connectivity index (χ3n) is 4.22. The Kier molecular flexibility index (Phi) is 5.83. The summed E-state index contributed by atoms with van der Waals surface area (Å²) in [5.74, 6) is 0.554. The lowest BCUT2D eigenvalue weighted by Crippen LogP contribution is -2.42. The minimum absolute atomic E-state index is 0.0847. The Balaban J connectivity index is 1.98. The molecule has 1 atom stereocenters. The van der Waals surface area contributed by atoms with Gasteiger partial charge in [0.1, 0.15) is 0 Å². The van der Waals surface area contributed by atoms with E-state index in [2.05, 4.69) is 56.1 Å². The number of carbonyl (C=O) groups excluding carboxylic acids is 1. The lowest BCUT2D eigenvalue weighted by Gasteiger charge is -2.30. The molecule has 1 fully saturated rings. The molecule has 1 aliphatic heterocycles. The van der Waals surface area contributed by atoms with Crippen molar-refractivity contribution in [3.8, 4) is 0 Å². The molecule has 4 nitrogen and oxygen atoms in total. The minimum atomic E-state index is 0.0847. The van der Waals surface area contributed by atoms with Gasteiger partial charge in [-0.15, -0.1) is 0 Å². The molecule has 0 aromatic heterocycles. The first-order valence-electron chi connectivity index (χ1n) is 8.15. The number of amides is 1. The van der Waals surface area contributed by atoms with E-state index in [0.29, 0.717) is 12.5 Å². The minimum Gasteiger partial charge on any atom is -0.381 e. The van der Waals surface area contributed by atoms with Gasteiger partial charge in [0.15, 0.2) is 0 Å². The standard InChI is InChI=1S/C18H28N2O2/c1-13(2)20(17-9-14(3)5-6-15(17)4)11-18(21)19-10-16-7-8-22-12-16/h5-6,9,13,16H,7-8,10-12H2,1-4H3,(H,19,21)/t16-/m0/s1. The highest BCUT2D eigenvalue weighted by atomic mass is 16.5. The van der Waals surface area contributed by atoms with E-state index in [0.717, 1.165) is 31.9 Å². The molecule has 2 rings (SSSR count). The van der Waals surface area contributed by atoms with E-state index in [1.807, 2.05) is 0 Å². The maximum Gasteiger partial charge on any atom is 0.239 e. The summed E-state index contributed by atoms with van der Waals surface area (Å²) in [5, 5.41) is 3.05. The number of ether oxygens (including phenoxy) is 1. The van der Waals surface area contributed by atoms with Gasteiger partial charge in [0.2, 0.25) is 5.91 Å². The molecule has 0 radical (unpaired) electrons. The highest BCUT2D eigenvalue weighted by Crippen LogP contribution is 2.23. The molecule has 1 aromatic rings. The van der Waals surface area contributed by atoms with Gasteiger partial charge in [0, 0.05) is 30.8 Å². The van der Waals surface area contributed by atoms with Crippen LogP contribution in [0.15, 0.2) is 18.2 Å². The highest BCUT2D eigenvalue weighted by molar-refractivity contribution is 5.81. The van der Waals surface area contributed by atoms with Gasteiger partial charge in [-0.2, -0.15) is 0 Å². The smallest absolute Gasteiger partial charge is 0.239 e. The van der Waals surface area contributed by atoms with Crippen LogP contribution in [0.5, 0.6) is 0 Å². The zero-order valence-corrected chi connectivity index (χ0v) is 14.2. The predicted octanol–water partition coefficient (Wildman–Crippen LogP) is 2.67. The molecular weight excluding hydrogens is 276 g/mol. The van der Waals surface area contributed by atoms with Crippen LogP contribution in [0.2, 0.25) is 0 Å². The Labute approximate surface area is 133 Å². The van der Waals surface area contributed by atoms with Gasteiger partial charge in [0.05, 0.1) is 13.2 Å². The molecule has 4 heteroatoms. The molecule has 0 unspecified atom stereocenters. The SMILES string of the molecule is Cc1ccc(C)c(N(CC(=O)NC[C@@H]2CCOC2)C(C)C)c1. The van der Waals surface area contributed by atoms with Gasteiger partial charge in [-0.3, -0.25) is 4.79 Å². The average molecular weight is 304 g/mol. The molecule has 1 aromatic carbocycles. The first-order valence-corrected chi connectivity index (χ1v) is 8.15. The number of nitrogens with zero attached hydrogens (tertiary/aromatic N) is 1. The average Bonchev–Trinajstić information content (AvgIpc) is 2.98. The second-order valence-corrected chi connectivity index (χ2v) is 6.55. The Hall–Kier alpha value is -1.55. The van der Waals surface area contributed by atoms with Crippen molar-refractivity contribution in [1.29, 1.82) is 0 Å². The Morgan fingerprint density at radius 3 is 2.82 bits per heavy atom. The third-order valence-corrected chi connectivity index (χ3v) is 4.22. The van der Waals surface area contributed by atoms with Crippen molar-refractivity contribution in [3.05, 3.63) is 29.3 Å². The summed E-state index contributed by atoms with van der Waals surface area (Å²) in [6.45, 7) is 11.1. The normalized spacial score (nSPS) is 17.8. The van der Waals surface area contributed by atoms with Gasteiger partial charge in [-0.1, -0.05) is 12.1 Å². The van der Waals surface area contributed by atoms with E-state index < -0.39 is 0 Å². The van der Waals surface area contributed by atoms with Gasteiger partial charge >= 0.3 is 0 Å². The molecule has 1 saturated heterocycles. The van der Waals surface area contributed by atoms with E-state index in [1.54, 1.807) is 0 Å². The summed E-state index contributed by atoms with van der Waals surface area (Å²) in [4.78, 5) is 14.5. The van der Waals surface area contributed by atoms with Crippen molar-refractivity contribution in [2.45, 2.75) is 40.2 Å². The fourth-order valence-electron chi connectivity index (χ4n) is 2.79. The first kappa shape index (κ1) is 16.8. The van der Waals surface area contributed by atoms with Crippen molar-refractivity contribution in [2.24, 2.45) is 5.92 Å². The quantitative estimate of drug-likeness (QED) is 0.878. The van der Waals surface area contributed by atoms with Gasteiger partial charge < -0.3 is 15.0 Å². The van der Waals surface area contributed by atoms with Crippen LogP contribution in [0.1, 0.15) is 31.4 Å². The molecule has 1 aliphatic rings. The highest BCUT2D eigenvalue weighted by Gasteiger charge is 2.19. The van der Waals surface area contributed by atoms with Crippen LogP contribution in [-0.2, 0) is 9.53 Å². The predicted molar refractivity (Wildman–Crippen MR) is 90.3 cm³/mol. The Morgan fingerprint density at radius 1 is 1.41 bits per heavy atom. The molecule has 0 saturated carbocycles. The lowest BCUT2D eigenvalue weighted by molar-refractivity contribution is -0.120. The Morgan fingerprint density at radius 2 is 2.18 bits per heavy atom. The maximum absolute atomic E-state index is 12.3. The van der Waals surface area contributed by atoms with Gasteiger partial charge in [0.25, 0.3) is 0 Å². The fraction of sp³-hybridized carbons (Fsp3) is 0.611. The molecule has 1 N–H and O–H groups in total. The van der Waals surface area contributed by atoms with Crippen molar-refractivity contribution >= 4 is 11.6 Å². The second kappa shape index (κ2) is 7.63. The summed E-state index contributed by atoms with van der Waals surface area (Å²) in [6.07, 6.45) is 1.05. The van der Waals surface area contributed by atoms with Gasteiger partial charge in [-0.25, -0.2) is 0 Å². The first-order chi connectivity index (χ1) is 10.5. The van der Waals surface area contributed by atoms with Crippen molar-refractivity contribution in [3.63, 3.8) is 0 Å². The van der Waals surface area contributed by atoms with Crippen LogP contribution >= 0.6 is 0 Å². The fourth-order valence-corrected chi connectivity index (χ4v) is 2.79. The van der Waals surface area contributed by atoms with E-state index in [-0.39, 0.29) is 11.9 Å². The molecular formula is C18H28N2O2. The largest absolute Gasteiger partial charge is 0.381 e. The zero-order chi connectivity index (χ0) is 16.1. The van der Waals surface area contributed by atoms with Crippen LogP contribution in [0.25, 0.3) is 0 Å². The summed E-state index contributed by atoms with van der Waals surface area (Å²) >= 11 is 0. The number of hydrogen-bond donors (Lipinski definition) is 1. The number of nitrogens with one attached hydrogen (secondary N) is 1. The molecule has 122 valence electrons. The number of hydrogen-bond acceptors (Lipinski definition) is 3. The number of aryl methyl sites for hydroxylation is 2. The second-order valence-electron chi connectivity index (χ2n) is 6.55. The monoisotopic (exact) mass is 304 g/mol.